The van der Waals surface area contributed by atoms with Crippen LogP contribution in [0.1, 0.15) is 25.3 Å². The van der Waals surface area contributed by atoms with Gasteiger partial charge in [0.25, 0.3) is 0 Å². The second-order valence-corrected chi connectivity index (χ2v) is 4.53. The standard InChI is InChI=1S/C12H16BrN3O2/c1-2-3-6-18-11-5-4-10(13)7-9(11)8-15-16-12(14)17/h4-5,7-8H,2-3,6H2,1H3,(H3,14,16,17). The van der Waals surface area contributed by atoms with Crippen molar-refractivity contribution in [2.45, 2.75) is 19.8 Å². The van der Waals surface area contributed by atoms with E-state index in [0.29, 0.717) is 6.61 Å². The van der Waals surface area contributed by atoms with Crippen molar-refractivity contribution in [2.24, 2.45) is 10.8 Å². The van der Waals surface area contributed by atoms with Gasteiger partial charge in [-0.15, -0.1) is 0 Å². The van der Waals surface area contributed by atoms with Crippen LogP contribution in [0.4, 0.5) is 4.79 Å². The van der Waals surface area contributed by atoms with Crippen LogP contribution in [-0.2, 0) is 0 Å². The first kappa shape index (κ1) is 14.5. The average molecular weight is 314 g/mol. The Bertz CT molecular complexity index is 435. The van der Waals surface area contributed by atoms with E-state index >= 15 is 0 Å². The molecule has 0 fully saturated rings. The van der Waals surface area contributed by atoms with Crippen LogP contribution in [0.15, 0.2) is 27.8 Å². The molecule has 0 atom stereocenters. The third-order valence-electron chi connectivity index (χ3n) is 2.11. The topological polar surface area (TPSA) is 76.7 Å². The van der Waals surface area contributed by atoms with E-state index in [2.05, 4.69) is 33.4 Å². The molecule has 0 bridgehead atoms. The highest BCUT2D eigenvalue weighted by Crippen LogP contribution is 2.22. The van der Waals surface area contributed by atoms with E-state index in [1.54, 1.807) is 0 Å². The maximum atomic E-state index is 10.5. The van der Waals surface area contributed by atoms with Gasteiger partial charge in [-0.3, -0.25) is 0 Å². The first-order valence-electron chi connectivity index (χ1n) is 5.64. The van der Waals surface area contributed by atoms with Crippen molar-refractivity contribution in [3.05, 3.63) is 28.2 Å². The van der Waals surface area contributed by atoms with Crippen LogP contribution in [0.5, 0.6) is 5.75 Å². The Morgan fingerprint density at radius 1 is 1.61 bits per heavy atom. The molecule has 1 rings (SSSR count). The maximum Gasteiger partial charge on any atom is 0.332 e. The number of benzene rings is 1. The molecule has 0 radical (unpaired) electrons. The highest BCUT2D eigenvalue weighted by Gasteiger charge is 2.02. The Labute approximate surface area is 115 Å². The lowest BCUT2D eigenvalue weighted by Gasteiger charge is -2.08. The number of nitrogens with two attached hydrogens (primary N) is 1. The molecule has 2 amide bonds. The zero-order chi connectivity index (χ0) is 13.4. The number of rotatable bonds is 6. The van der Waals surface area contributed by atoms with Gasteiger partial charge in [0.05, 0.1) is 12.8 Å². The summed E-state index contributed by atoms with van der Waals surface area (Å²) < 4.78 is 6.54. The second kappa shape index (κ2) is 7.71. The summed E-state index contributed by atoms with van der Waals surface area (Å²) in [5, 5.41) is 3.72. The van der Waals surface area contributed by atoms with Gasteiger partial charge in [0.2, 0.25) is 0 Å². The second-order valence-electron chi connectivity index (χ2n) is 3.62. The van der Waals surface area contributed by atoms with Gasteiger partial charge in [-0.1, -0.05) is 29.3 Å². The highest BCUT2D eigenvalue weighted by molar-refractivity contribution is 9.10. The number of halogens is 1. The van der Waals surface area contributed by atoms with Crippen LogP contribution in [0.2, 0.25) is 0 Å². The largest absolute Gasteiger partial charge is 0.493 e. The minimum absolute atomic E-state index is 0.655. The Balaban J connectivity index is 2.76. The number of carbonyl (C=O) groups excluding carboxylic acids is 1. The lowest BCUT2D eigenvalue weighted by atomic mass is 10.2. The van der Waals surface area contributed by atoms with Crippen LogP contribution < -0.4 is 15.9 Å². The number of ether oxygens (including phenoxy) is 1. The Morgan fingerprint density at radius 3 is 3.06 bits per heavy atom. The highest BCUT2D eigenvalue weighted by atomic mass is 79.9. The fourth-order valence-corrected chi connectivity index (χ4v) is 1.62. The predicted molar refractivity (Wildman–Crippen MR) is 74.9 cm³/mol. The number of unbranched alkanes of at least 4 members (excludes halogenated alkanes) is 1. The lowest BCUT2D eigenvalue weighted by molar-refractivity contribution is 0.249. The van der Waals surface area contributed by atoms with Gasteiger partial charge >= 0.3 is 6.03 Å². The number of primary amides is 1. The zero-order valence-corrected chi connectivity index (χ0v) is 11.7. The normalized spacial score (nSPS) is 10.6. The number of amides is 2. The van der Waals surface area contributed by atoms with Crippen LogP contribution in [0.25, 0.3) is 0 Å². The Kier molecular flexibility index (Phi) is 6.21. The van der Waals surface area contributed by atoms with Crippen molar-refractivity contribution in [3.63, 3.8) is 0 Å². The smallest absolute Gasteiger partial charge is 0.332 e. The molecule has 0 aliphatic heterocycles. The first-order chi connectivity index (χ1) is 8.63. The number of urea groups is 1. The number of hydrogen-bond acceptors (Lipinski definition) is 3. The summed E-state index contributed by atoms with van der Waals surface area (Å²) in [6.45, 7) is 2.76. The van der Waals surface area contributed by atoms with Gasteiger partial charge in [-0.2, -0.15) is 5.10 Å². The van der Waals surface area contributed by atoms with Crippen molar-refractivity contribution in [2.75, 3.05) is 6.61 Å². The molecule has 0 aliphatic rings. The first-order valence-corrected chi connectivity index (χ1v) is 6.43. The van der Waals surface area contributed by atoms with Gasteiger partial charge in [0.1, 0.15) is 5.75 Å². The minimum atomic E-state index is -0.699. The average Bonchev–Trinajstić information content (AvgIpc) is 2.31. The number of nitrogens with zero attached hydrogens (tertiary/aromatic N) is 1. The Hall–Kier alpha value is -1.56. The van der Waals surface area contributed by atoms with E-state index in [9.17, 15) is 4.79 Å². The van der Waals surface area contributed by atoms with Crippen LogP contribution in [-0.4, -0.2) is 18.9 Å². The maximum absolute atomic E-state index is 10.5. The van der Waals surface area contributed by atoms with Gasteiger partial charge in [-0.25, -0.2) is 10.2 Å². The molecule has 0 spiro atoms. The molecule has 0 aliphatic carbocycles. The van der Waals surface area contributed by atoms with E-state index in [-0.39, 0.29) is 0 Å². The summed E-state index contributed by atoms with van der Waals surface area (Å²) >= 11 is 3.37. The molecule has 3 N–H and O–H groups in total. The van der Waals surface area contributed by atoms with Gasteiger partial charge < -0.3 is 10.5 Å². The molecule has 0 aromatic heterocycles. The summed E-state index contributed by atoms with van der Waals surface area (Å²) in [6.07, 6.45) is 3.56. The molecule has 0 unspecified atom stereocenters. The summed E-state index contributed by atoms with van der Waals surface area (Å²) in [5.41, 5.74) is 7.84. The van der Waals surface area contributed by atoms with E-state index in [0.717, 1.165) is 28.6 Å². The third-order valence-corrected chi connectivity index (χ3v) is 2.60. The van der Waals surface area contributed by atoms with Crippen LogP contribution in [0.3, 0.4) is 0 Å². The molecule has 1 aromatic carbocycles. The third kappa shape index (κ3) is 5.18. The van der Waals surface area contributed by atoms with Crippen LogP contribution >= 0.6 is 15.9 Å². The SMILES string of the molecule is CCCCOc1ccc(Br)cc1C=NNC(N)=O. The fraction of sp³-hybridized carbons (Fsp3) is 0.333. The number of hydrazone groups is 1. The number of nitrogens with one attached hydrogen (secondary N) is 1. The monoisotopic (exact) mass is 313 g/mol. The van der Waals surface area contributed by atoms with E-state index in [1.807, 2.05) is 18.2 Å². The molecule has 5 nitrogen and oxygen atoms in total. The number of carbonyl (C=O) groups is 1. The molecule has 6 heteroatoms. The summed E-state index contributed by atoms with van der Waals surface area (Å²) in [6, 6.07) is 4.90. The zero-order valence-electron chi connectivity index (χ0n) is 10.1. The predicted octanol–water partition coefficient (Wildman–Crippen LogP) is 2.63. The van der Waals surface area contributed by atoms with Crippen molar-refractivity contribution < 1.29 is 9.53 Å². The Morgan fingerprint density at radius 2 is 2.39 bits per heavy atom. The van der Waals surface area contributed by atoms with Crippen molar-refractivity contribution >= 4 is 28.2 Å². The van der Waals surface area contributed by atoms with Crippen LogP contribution in [0, 0.1) is 0 Å². The summed E-state index contributed by atoms with van der Waals surface area (Å²) in [4.78, 5) is 10.5. The van der Waals surface area contributed by atoms with Crippen molar-refractivity contribution in [1.29, 1.82) is 0 Å². The molecule has 18 heavy (non-hydrogen) atoms. The van der Waals surface area contributed by atoms with Gasteiger partial charge in [-0.05, 0) is 24.6 Å². The lowest BCUT2D eigenvalue weighted by Crippen LogP contribution is -2.24. The van der Waals surface area contributed by atoms with E-state index < -0.39 is 6.03 Å². The van der Waals surface area contributed by atoms with Crippen molar-refractivity contribution in [3.8, 4) is 5.75 Å². The molecule has 0 heterocycles. The van der Waals surface area contributed by atoms with Gasteiger partial charge in [0.15, 0.2) is 0 Å². The van der Waals surface area contributed by atoms with Crippen molar-refractivity contribution in [1.82, 2.24) is 5.43 Å². The minimum Gasteiger partial charge on any atom is -0.493 e. The van der Waals surface area contributed by atoms with E-state index in [1.165, 1.54) is 6.21 Å². The quantitative estimate of drug-likeness (QED) is 0.481. The molecular formula is C12H16BrN3O2. The fourth-order valence-electron chi connectivity index (χ4n) is 1.24. The number of hydrogen-bond donors (Lipinski definition) is 2. The molecule has 1 aromatic rings. The van der Waals surface area contributed by atoms with Gasteiger partial charge in [0, 0.05) is 10.0 Å². The summed E-state index contributed by atoms with van der Waals surface area (Å²) in [5.74, 6) is 0.724. The molecule has 0 saturated carbocycles. The molecule has 98 valence electrons. The van der Waals surface area contributed by atoms with E-state index in [4.69, 9.17) is 10.5 Å². The molecular weight excluding hydrogens is 298 g/mol. The summed E-state index contributed by atoms with van der Waals surface area (Å²) in [7, 11) is 0. The molecule has 0 saturated heterocycles.